The molecule has 0 saturated heterocycles. The first-order valence-electron chi connectivity index (χ1n) is 6.62. The van der Waals surface area contributed by atoms with Crippen LogP contribution in [0.4, 0.5) is 0 Å². The Morgan fingerprint density at radius 2 is 1.00 bits per heavy atom. The third-order valence-electron chi connectivity index (χ3n) is 3.66. The van der Waals surface area contributed by atoms with E-state index in [9.17, 15) is 0 Å². The van der Waals surface area contributed by atoms with Crippen molar-refractivity contribution in [3.05, 3.63) is 0 Å². The van der Waals surface area contributed by atoms with Crippen LogP contribution in [0.5, 0.6) is 0 Å². The van der Waals surface area contributed by atoms with Crippen molar-refractivity contribution in [1.29, 1.82) is 0 Å². The zero-order valence-electron chi connectivity index (χ0n) is 9.63. The van der Waals surface area contributed by atoms with Crippen LogP contribution in [0.1, 0.15) is 64.2 Å². The lowest BCUT2D eigenvalue weighted by Gasteiger charge is -2.23. The Bertz CT molecular complexity index is 145. The maximum atomic E-state index is 5.97. The summed E-state index contributed by atoms with van der Waals surface area (Å²) >= 11 is 0. The van der Waals surface area contributed by atoms with Crippen LogP contribution < -0.4 is 0 Å². The van der Waals surface area contributed by atoms with Crippen LogP contribution in [0, 0.1) is 0 Å². The molecule has 0 amide bonds. The largest absolute Gasteiger partial charge is 0.456 e. The second-order valence-corrected chi connectivity index (χ2v) is 7.93. The fraction of sp³-hybridized carbons (Fsp3) is 1.00. The van der Waals surface area contributed by atoms with Crippen molar-refractivity contribution in [3.8, 4) is 0 Å². The molecule has 0 aromatic heterocycles. The Hall–Kier alpha value is 0.394. The second kappa shape index (κ2) is 6.87. The Balaban J connectivity index is 1.53. The van der Waals surface area contributed by atoms with Crippen molar-refractivity contribution >= 4 is 19.5 Å². The van der Waals surface area contributed by atoms with Crippen molar-refractivity contribution in [2.24, 2.45) is 0 Å². The summed E-state index contributed by atoms with van der Waals surface area (Å²) in [6, 6.07) is 0. The fourth-order valence-electron chi connectivity index (χ4n) is 2.64. The molecule has 0 aromatic rings. The van der Waals surface area contributed by atoms with E-state index in [2.05, 4.69) is 0 Å². The van der Waals surface area contributed by atoms with Crippen LogP contribution in [0.25, 0.3) is 0 Å². The molecule has 0 N–H and O–H groups in total. The predicted molar refractivity (Wildman–Crippen MR) is 66.3 cm³/mol. The van der Waals surface area contributed by atoms with Crippen molar-refractivity contribution in [2.75, 3.05) is 0 Å². The quantitative estimate of drug-likeness (QED) is 0.678. The SMILES string of the molecule is C1CCC([Si]O[Si]C2CCCCC2)CC1. The van der Waals surface area contributed by atoms with Crippen molar-refractivity contribution in [1.82, 2.24) is 0 Å². The van der Waals surface area contributed by atoms with E-state index >= 15 is 0 Å². The molecule has 4 radical (unpaired) electrons. The van der Waals surface area contributed by atoms with E-state index in [4.69, 9.17) is 4.12 Å². The minimum absolute atomic E-state index is 0.818. The molecular weight excluding hydrogens is 216 g/mol. The van der Waals surface area contributed by atoms with Gasteiger partial charge in [0.1, 0.15) is 0 Å². The highest BCUT2D eigenvalue weighted by atomic mass is 28.3. The van der Waals surface area contributed by atoms with Crippen LogP contribution in [0.15, 0.2) is 0 Å². The molecule has 0 atom stereocenters. The van der Waals surface area contributed by atoms with Crippen molar-refractivity contribution in [2.45, 2.75) is 75.3 Å². The molecule has 0 aromatic carbocycles. The lowest BCUT2D eigenvalue weighted by atomic mass is 10.0. The van der Waals surface area contributed by atoms with E-state index in [1.54, 1.807) is 0 Å². The first-order chi connectivity index (χ1) is 7.45. The molecule has 84 valence electrons. The third kappa shape index (κ3) is 4.41. The Morgan fingerprint density at radius 3 is 1.40 bits per heavy atom. The maximum Gasteiger partial charge on any atom is 0.218 e. The molecule has 0 spiro atoms. The Morgan fingerprint density at radius 1 is 0.600 bits per heavy atom. The molecule has 2 aliphatic rings. The molecule has 2 aliphatic carbocycles. The van der Waals surface area contributed by atoms with Crippen molar-refractivity contribution in [3.63, 3.8) is 0 Å². The highest BCUT2D eigenvalue weighted by Crippen LogP contribution is 2.30. The van der Waals surface area contributed by atoms with Gasteiger partial charge in [0.05, 0.1) is 0 Å². The van der Waals surface area contributed by atoms with E-state index in [1.165, 1.54) is 64.2 Å². The zero-order valence-corrected chi connectivity index (χ0v) is 11.6. The van der Waals surface area contributed by atoms with Gasteiger partial charge in [-0.3, -0.25) is 0 Å². The summed E-state index contributed by atoms with van der Waals surface area (Å²) in [5, 5.41) is 0. The van der Waals surface area contributed by atoms with E-state index in [0.29, 0.717) is 0 Å². The van der Waals surface area contributed by atoms with E-state index in [1.807, 2.05) is 0 Å². The van der Waals surface area contributed by atoms with Crippen LogP contribution >= 0.6 is 0 Å². The minimum atomic E-state index is 0.818. The smallest absolute Gasteiger partial charge is 0.218 e. The highest BCUT2D eigenvalue weighted by molar-refractivity contribution is 6.44. The first kappa shape index (κ1) is 11.9. The summed E-state index contributed by atoms with van der Waals surface area (Å²) in [7, 11) is 1.64. The molecule has 2 fully saturated rings. The van der Waals surface area contributed by atoms with E-state index in [-0.39, 0.29) is 0 Å². The van der Waals surface area contributed by atoms with Gasteiger partial charge in [0.15, 0.2) is 0 Å². The number of rotatable bonds is 4. The normalized spacial score (nSPS) is 25.6. The first-order valence-corrected chi connectivity index (χ1v) is 8.59. The number of hydrogen-bond acceptors (Lipinski definition) is 1. The maximum absolute atomic E-state index is 5.97. The summed E-state index contributed by atoms with van der Waals surface area (Å²) in [5.74, 6) is 0. The fourth-order valence-corrected chi connectivity index (χ4v) is 5.53. The van der Waals surface area contributed by atoms with Gasteiger partial charge in [-0.25, -0.2) is 0 Å². The summed E-state index contributed by atoms with van der Waals surface area (Å²) < 4.78 is 5.97. The van der Waals surface area contributed by atoms with Gasteiger partial charge in [-0.05, 0) is 11.1 Å². The molecule has 0 unspecified atom stereocenters. The van der Waals surface area contributed by atoms with Gasteiger partial charge in [0.25, 0.3) is 0 Å². The van der Waals surface area contributed by atoms with Gasteiger partial charge in [-0.1, -0.05) is 64.2 Å². The standard InChI is InChI=1S/C12H22OSi2/c1-3-7-11(8-4-1)14-13-15-12-9-5-2-6-10-12/h11-12H,1-10H2. The third-order valence-corrected chi connectivity index (χ3v) is 6.43. The second-order valence-electron chi connectivity index (χ2n) is 5.01. The van der Waals surface area contributed by atoms with Gasteiger partial charge >= 0.3 is 0 Å². The minimum Gasteiger partial charge on any atom is -0.456 e. The van der Waals surface area contributed by atoms with Gasteiger partial charge in [0.2, 0.25) is 19.5 Å². The average Bonchev–Trinajstić information content (AvgIpc) is 2.32. The number of hydrogen-bond donors (Lipinski definition) is 0. The molecule has 1 nitrogen and oxygen atoms in total. The lowest BCUT2D eigenvalue weighted by Crippen LogP contribution is -2.18. The summed E-state index contributed by atoms with van der Waals surface area (Å²) in [6.07, 6.45) is 14.5. The average molecular weight is 238 g/mol. The summed E-state index contributed by atoms with van der Waals surface area (Å²) in [4.78, 5) is 0. The van der Waals surface area contributed by atoms with Crippen LogP contribution in [-0.4, -0.2) is 19.5 Å². The summed E-state index contributed by atoms with van der Waals surface area (Å²) in [6.45, 7) is 0. The zero-order chi connectivity index (χ0) is 10.3. The monoisotopic (exact) mass is 238 g/mol. The summed E-state index contributed by atoms with van der Waals surface area (Å²) in [5.41, 5.74) is 1.85. The van der Waals surface area contributed by atoms with E-state index < -0.39 is 0 Å². The molecule has 0 heterocycles. The van der Waals surface area contributed by atoms with Crippen LogP contribution in [0.2, 0.25) is 11.1 Å². The van der Waals surface area contributed by atoms with Crippen LogP contribution in [0.3, 0.4) is 0 Å². The van der Waals surface area contributed by atoms with Gasteiger partial charge in [-0.15, -0.1) is 0 Å². The Labute approximate surface area is 99.3 Å². The predicted octanol–water partition coefficient (Wildman–Crippen LogP) is 3.75. The van der Waals surface area contributed by atoms with Crippen molar-refractivity contribution < 1.29 is 4.12 Å². The molecule has 2 rings (SSSR count). The van der Waals surface area contributed by atoms with Gasteiger partial charge in [0, 0.05) is 0 Å². The topological polar surface area (TPSA) is 9.23 Å². The lowest BCUT2D eigenvalue weighted by molar-refractivity contribution is 0.451. The molecule has 0 bridgehead atoms. The molecule has 15 heavy (non-hydrogen) atoms. The Kier molecular flexibility index (Phi) is 5.43. The van der Waals surface area contributed by atoms with Crippen LogP contribution in [-0.2, 0) is 4.12 Å². The van der Waals surface area contributed by atoms with Gasteiger partial charge < -0.3 is 4.12 Å². The van der Waals surface area contributed by atoms with Gasteiger partial charge in [-0.2, -0.15) is 0 Å². The van der Waals surface area contributed by atoms with E-state index in [0.717, 1.165) is 30.6 Å². The highest BCUT2D eigenvalue weighted by Gasteiger charge is 2.18. The molecule has 2 saturated carbocycles. The molecule has 3 heteroatoms. The molecular formula is C12H22OSi2. The molecule has 0 aliphatic heterocycles.